The fourth-order valence-electron chi connectivity index (χ4n) is 1.91. The molecule has 0 aromatic heterocycles. The number of carbonyl (C=O) groups excluding carboxylic acids is 1. The third-order valence-electron chi connectivity index (χ3n) is 2.93. The van der Waals surface area contributed by atoms with Gasteiger partial charge in [0.15, 0.2) is 0 Å². The van der Waals surface area contributed by atoms with E-state index < -0.39 is 0 Å². The molecule has 0 radical (unpaired) electrons. The lowest BCUT2D eigenvalue weighted by Gasteiger charge is -2.11. The average Bonchev–Trinajstić information content (AvgIpc) is 2.41. The van der Waals surface area contributed by atoms with Gasteiger partial charge < -0.3 is 10.1 Å². The topological polar surface area (TPSA) is 38.3 Å². The summed E-state index contributed by atoms with van der Waals surface area (Å²) in [4.78, 5) is 12.9. The minimum atomic E-state index is -0.0687. The molecule has 20 heavy (non-hydrogen) atoms. The number of nitrogens with one attached hydrogen (secondary N) is 1. The lowest BCUT2D eigenvalue weighted by Crippen LogP contribution is -2.15. The SMILES string of the molecule is COc1ccc(C)cc1NC(=O)Cc1ccc(S)cc1. The summed E-state index contributed by atoms with van der Waals surface area (Å²) in [6, 6.07) is 13.2. The molecule has 1 amide bonds. The van der Waals surface area contributed by atoms with Gasteiger partial charge >= 0.3 is 0 Å². The summed E-state index contributed by atoms with van der Waals surface area (Å²) in [6.45, 7) is 1.97. The van der Waals surface area contributed by atoms with Gasteiger partial charge in [0.1, 0.15) is 5.75 Å². The Morgan fingerprint density at radius 3 is 2.55 bits per heavy atom. The van der Waals surface area contributed by atoms with Crippen molar-refractivity contribution in [2.45, 2.75) is 18.2 Å². The Labute approximate surface area is 124 Å². The van der Waals surface area contributed by atoms with Crippen molar-refractivity contribution in [1.82, 2.24) is 0 Å². The number of hydrogen-bond acceptors (Lipinski definition) is 3. The molecule has 2 aromatic carbocycles. The molecule has 0 unspecified atom stereocenters. The normalized spacial score (nSPS) is 10.2. The fraction of sp³-hybridized carbons (Fsp3) is 0.188. The van der Waals surface area contributed by atoms with E-state index >= 15 is 0 Å². The van der Waals surface area contributed by atoms with Crippen molar-refractivity contribution in [2.24, 2.45) is 0 Å². The highest BCUT2D eigenvalue weighted by molar-refractivity contribution is 7.80. The number of rotatable bonds is 4. The number of hydrogen-bond donors (Lipinski definition) is 2. The summed E-state index contributed by atoms with van der Waals surface area (Å²) < 4.78 is 5.24. The Kier molecular flexibility index (Phi) is 4.69. The highest BCUT2D eigenvalue weighted by Crippen LogP contribution is 2.25. The first-order valence-electron chi connectivity index (χ1n) is 6.31. The van der Waals surface area contributed by atoms with Gasteiger partial charge in [-0.2, -0.15) is 0 Å². The number of anilines is 1. The molecule has 0 atom stereocenters. The number of carbonyl (C=O) groups is 1. The van der Waals surface area contributed by atoms with Crippen molar-refractivity contribution in [3.63, 3.8) is 0 Å². The smallest absolute Gasteiger partial charge is 0.228 e. The summed E-state index contributed by atoms with van der Waals surface area (Å²) in [5.74, 6) is 0.593. The molecule has 0 fully saturated rings. The Morgan fingerprint density at radius 1 is 1.20 bits per heavy atom. The third kappa shape index (κ3) is 3.78. The van der Waals surface area contributed by atoms with Crippen LogP contribution in [0.4, 0.5) is 5.69 Å². The summed E-state index contributed by atoms with van der Waals surface area (Å²) in [5, 5.41) is 2.88. The van der Waals surface area contributed by atoms with Crippen LogP contribution in [0.3, 0.4) is 0 Å². The molecule has 2 aromatic rings. The van der Waals surface area contributed by atoms with Gasteiger partial charge in [0.05, 0.1) is 19.2 Å². The maximum atomic E-state index is 12.1. The van der Waals surface area contributed by atoms with Gasteiger partial charge in [-0.3, -0.25) is 4.79 Å². The summed E-state index contributed by atoms with van der Waals surface area (Å²) in [5.41, 5.74) is 2.72. The highest BCUT2D eigenvalue weighted by atomic mass is 32.1. The number of methoxy groups -OCH3 is 1. The average molecular weight is 287 g/mol. The largest absolute Gasteiger partial charge is 0.495 e. The first-order chi connectivity index (χ1) is 9.58. The molecule has 0 saturated carbocycles. The van der Waals surface area contributed by atoms with Crippen LogP contribution >= 0.6 is 12.6 Å². The molecule has 2 rings (SSSR count). The van der Waals surface area contributed by atoms with E-state index in [1.54, 1.807) is 7.11 Å². The molecule has 0 bridgehead atoms. The van der Waals surface area contributed by atoms with E-state index in [-0.39, 0.29) is 5.91 Å². The lowest BCUT2D eigenvalue weighted by atomic mass is 10.1. The van der Waals surface area contributed by atoms with E-state index in [1.165, 1.54) is 0 Å². The van der Waals surface area contributed by atoms with Crippen LogP contribution in [-0.2, 0) is 11.2 Å². The second-order valence-electron chi connectivity index (χ2n) is 4.60. The fourth-order valence-corrected chi connectivity index (χ4v) is 2.06. The molecule has 3 nitrogen and oxygen atoms in total. The zero-order valence-electron chi connectivity index (χ0n) is 11.5. The van der Waals surface area contributed by atoms with Crippen LogP contribution in [0.15, 0.2) is 47.4 Å². The second kappa shape index (κ2) is 6.48. The van der Waals surface area contributed by atoms with Crippen LogP contribution in [0, 0.1) is 6.92 Å². The lowest BCUT2D eigenvalue weighted by molar-refractivity contribution is -0.115. The van der Waals surface area contributed by atoms with Gasteiger partial charge in [-0.05, 0) is 42.3 Å². The maximum Gasteiger partial charge on any atom is 0.228 e. The molecule has 0 spiro atoms. The third-order valence-corrected chi connectivity index (χ3v) is 3.23. The minimum absolute atomic E-state index is 0.0687. The van der Waals surface area contributed by atoms with Crippen molar-refractivity contribution in [2.75, 3.05) is 12.4 Å². The zero-order chi connectivity index (χ0) is 14.5. The Morgan fingerprint density at radius 2 is 1.90 bits per heavy atom. The van der Waals surface area contributed by atoms with Gasteiger partial charge in [0.2, 0.25) is 5.91 Å². The van der Waals surface area contributed by atoms with Crippen LogP contribution in [0.1, 0.15) is 11.1 Å². The Bertz CT molecular complexity index is 608. The molecule has 1 N–H and O–H groups in total. The second-order valence-corrected chi connectivity index (χ2v) is 5.11. The van der Waals surface area contributed by atoms with Gasteiger partial charge in [-0.1, -0.05) is 18.2 Å². The molecule has 104 valence electrons. The van der Waals surface area contributed by atoms with E-state index in [2.05, 4.69) is 17.9 Å². The summed E-state index contributed by atoms with van der Waals surface area (Å²) in [6.07, 6.45) is 0.325. The van der Waals surface area contributed by atoms with Gasteiger partial charge in [-0.15, -0.1) is 12.6 Å². The molecule has 0 heterocycles. The van der Waals surface area contributed by atoms with Gasteiger partial charge in [-0.25, -0.2) is 0 Å². The van der Waals surface area contributed by atoms with Crippen LogP contribution in [0.2, 0.25) is 0 Å². The molecule has 0 aliphatic rings. The number of aryl methyl sites for hydroxylation is 1. The highest BCUT2D eigenvalue weighted by Gasteiger charge is 2.08. The molecular formula is C16H17NO2S. The molecule has 0 aliphatic heterocycles. The maximum absolute atomic E-state index is 12.1. The summed E-state index contributed by atoms with van der Waals surface area (Å²) >= 11 is 4.22. The van der Waals surface area contributed by atoms with Crippen molar-refractivity contribution in [1.29, 1.82) is 0 Å². The van der Waals surface area contributed by atoms with Crippen LogP contribution in [-0.4, -0.2) is 13.0 Å². The van der Waals surface area contributed by atoms with Gasteiger partial charge in [0, 0.05) is 4.90 Å². The Hall–Kier alpha value is -1.94. The monoisotopic (exact) mass is 287 g/mol. The van der Waals surface area contributed by atoms with Crippen molar-refractivity contribution in [3.8, 4) is 5.75 Å². The van der Waals surface area contributed by atoms with Crippen molar-refractivity contribution < 1.29 is 9.53 Å². The minimum Gasteiger partial charge on any atom is -0.495 e. The standard InChI is InChI=1S/C16H17NO2S/c1-11-3-8-15(19-2)14(9-11)17-16(18)10-12-4-6-13(20)7-5-12/h3-9,20H,10H2,1-2H3,(H,17,18). The van der Waals surface area contributed by atoms with E-state index in [0.717, 1.165) is 16.0 Å². The molecule has 0 saturated heterocycles. The van der Waals surface area contributed by atoms with Crippen molar-refractivity contribution in [3.05, 3.63) is 53.6 Å². The first kappa shape index (κ1) is 14.5. The van der Waals surface area contributed by atoms with Crippen LogP contribution in [0.25, 0.3) is 0 Å². The van der Waals surface area contributed by atoms with E-state index in [0.29, 0.717) is 17.9 Å². The number of benzene rings is 2. The van der Waals surface area contributed by atoms with E-state index in [4.69, 9.17) is 4.74 Å². The molecule has 4 heteroatoms. The molecular weight excluding hydrogens is 270 g/mol. The predicted octanol–water partition coefficient (Wildman–Crippen LogP) is 3.47. The van der Waals surface area contributed by atoms with Crippen LogP contribution < -0.4 is 10.1 Å². The van der Waals surface area contributed by atoms with E-state index in [9.17, 15) is 4.79 Å². The van der Waals surface area contributed by atoms with Gasteiger partial charge in [0.25, 0.3) is 0 Å². The first-order valence-corrected chi connectivity index (χ1v) is 6.75. The number of thiol groups is 1. The van der Waals surface area contributed by atoms with Crippen molar-refractivity contribution >= 4 is 24.2 Å². The number of ether oxygens (including phenoxy) is 1. The van der Waals surface area contributed by atoms with Crippen LogP contribution in [0.5, 0.6) is 5.75 Å². The van der Waals surface area contributed by atoms with E-state index in [1.807, 2.05) is 49.4 Å². The zero-order valence-corrected chi connectivity index (χ0v) is 12.4. The quantitative estimate of drug-likeness (QED) is 0.845. The summed E-state index contributed by atoms with van der Waals surface area (Å²) in [7, 11) is 1.59. The predicted molar refractivity (Wildman–Crippen MR) is 83.8 cm³/mol. The Balaban J connectivity index is 2.08. The number of amides is 1. The molecule has 0 aliphatic carbocycles.